The van der Waals surface area contributed by atoms with Crippen molar-refractivity contribution in [3.8, 4) is 11.5 Å². The molecule has 0 unspecified atom stereocenters. The Balaban J connectivity index is 1.36. The van der Waals surface area contributed by atoms with Crippen LogP contribution in [0.3, 0.4) is 0 Å². The van der Waals surface area contributed by atoms with Crippen LogP contribution in [0.1, 0.15) is 131 Å². The number of carboxylic acids is 1. The monoisotopic (exact) mass is 791 g/mol. The SMILES string of the molecule is CCCCCCCCCCCCCC(=O)Oc1ccc(CC(=O)OC[C@H](C(C)C)n2cc(C(=O)O)c(=O)c3cc(Cc4cccc(Cl)c4F)c(OC)cc32)cc1. The van der Waals surface area contributed by atoms with E-state index in [0.717, 1.165) is 19.3 Å². The average Bonchev–Trinajstić information content (AvgIpc) is 3.17. The Morgan fingerprint density at radius 2 is 1.50 bits per heavy atom. The molecule has 4 rings (SSSR count). The molecule has 9 nitrogen and oxygen atoms in total. The number of hydrogen-bond acceptors (Lipinski definition) is 7. The lowest BCUT2D eigenvalue weighted by atomic mass is 9.98. The number of methoxy groups -OCH3 is 1. The minimum Gasteiger partial charge on any atom is -0.496 e. The van der Waals surface area contributed by atoms with Gasteiger partial charge in [-0.05, 0) is 53.3 Å². The lowest BCUT2D eigenvalue weighted by molar-refractivity contribution is -0.144. The number of rotatable bonds is 23. The number of carbonyl (C=O) groups is 3. The van der Waals surface area contributed by atoms with E-state index in [1.165, 1.54) is 76.8 Å². The van der Waals surface area contributed by atoms with E-state index in [2.05, 4.69) is 6.92 Å². The number of aromatic carboxylic acids is 1. The maximum Gasteiger partial charge on any atom is 0.341 e. The van der Waals surface area contributed by atoms with Crippen LogP contribution >= 0.6 is 11.6 Å². The second-order valence-electron chi connectivity index (χ2n) is 14.7. The predicted octanol–water partition coefficient (Wildman–Crippen LogP) is 10.7. The van der Waals surface area contributed by atoms with E-state index in [1.807, 2.05) is 13.8 Å². The Bertz CT molecular complexity index is 1990. The molecule has 4 aromatic rings. The number of ether oxygens (including phenoxy) is 3. The molecule has 1 atom stereocenters. The summed E-state index contributed by atoms with van der Waals surface area (Å²) < 4.78 is 33.3. The van der Waals surface area contributed by atoms with Crippen LogP contribution < -0.4 is 14.9 Å². The van der Waals surface area contributed by atoms with E-state index in [4.69, 9.17) is 25.8 Å². The molecule has 0 aliphatic rings. The third-order valence-electron chi connectivity index (χ3n) is 10.1. The summed E-state index contributed by atoms with van der Waals surface area (Å²) in [7, 11) is 1.45. The van der Waals surface area contributed by atoms with Gasteiger partial charge < -0.3 is 23.9 Å². The van der Waals surface area contributed by atoms with Gasteiger partial charge >= 0.3 is 17.9 Å². The summed E-state index contributed by atoms with van der Waals surface area (Å²) in [6.45, 7) is 5.91. The summed E-state index contributed by atoms with van der Waals surface area (Å²) in [5, 5.41) is 10.0. The molecule has 0 radical (unpaired) electrons. The lowest BCUT2D eigenvalue weighted by Crippen LogP contribution is -2.27. The van der Waals surface area contributed by atoms with E-state index in [1.54, 1.807) is 47.0 Å². The highest BCUT2D eigenvalue weighted by Crippen LogP contribution is 2.32. The van der Waals surface area contributed by atoms with Crippen molar-refractivity contribution in [3.05, 3.63) is 104 Å². The van der Waals surface area contributed by atoms with Gasteiger partial charge in [-0.1, -0.05) is 121 Å². The average molecular weight is 792 g/mol. The van der Waals surface area contributed by atoms with Crippen molar-refractivity contribution in [2.24, 2.45) is 5.92 Å². The van der Waals surface area contributed by atoms with Gasteiger partial charge in [0, 0.05) is 30.5 Å². The summed E-state index contributed by atoms with van der Waals surface area (Å²) >= 11 is 6.00. The second-order valence-corrected chi connectivity index (χ2v) is 15.1. The first-order chi connectivity index (χ1) is 26.9. The van der Waals surface area contributed by atoms with Crippen LogP contribution in [0.25, 0.3) is 10.9 Å². The van der Waals surface area contributed by atoms with Gasteiger partial charge in [0.1, 0.15) is 29.5 Å². The van der Waals surface area contributed by atoms with Crippen LogP contribution in [0.2, 0.25) is 5.02 Å². The molecule has 1 N–H and O–H groups in total. The molecule has 0 fully saturated rings. The van der Waals surface area contributed by atoms with Gasteiger partial charge in [0.25, 0.3) is 0 Å². The van der Waals surface area contributed by atoms with Gasteiger partial charge in [-0.15, -0.1) is 0 Å². The van der Waals surface area contributed by atoms with E-state index in [9.17, 15) is 28.7 Å². The van der Waals surface area contributed by atoms with Crippen LogP contribution in [0.5, 0.6) is 11.5 Å². The number of halogens is 2. The van der Waals surface area contributed by atoms with Crippen molar-refractivity contribution in [1.82, 2.24) is 4.57 Å². The molecule has 0 spiro atoms. The Hall–Kier alpha value is -4.70. The zero-order chi connectivity index (χ0) is 40.6. The summed E-state index contributed by atoms with van der Waals surface area (Å²) in [6.07, 6.45) is 14.9. The van der Waals surface area contributed by atoms with Gasteiger partial charge in [-0.3, -0.25) is 14.4 Å². The molecule has 1 aromatic heterocycles. The fourth-order valence-corrected chi connectivity index (χ4v) is 7.04. The summed E-state index contributed by atoms with van der Waals surface area (Å²) in [6, 6.07) is 13.9. The number of pyridine rings is 1. The normalized spacial score (nSPS) is 11.8. The lowest BCUT2D eigenvalue weighted by Gasteiger charge is -2.27. The summed E-state index contributed by atoms with van der Waals surface area (Å²) in [5.41, 5.74) is 0.612. The molecule has 0 aliphatic heterocycles. The third kappa shape index (κ3) is 12.7. The number of carboxylic acid groups (broad SMARTS) is 1. The van der Waals surface area contributed by atoms with Crippen LogP contribution in [-0.4, -0.2) is 41.3 Å². The minimum atomic E-state index is -1.41. The molecule has 1 heterocycles. The first kappa shape index (κ1) is 44.0. The molecule has 0 saturated carbocycles. The van der Waals surface area contributed by atoms with Crippen molar-refractivity contribution in [2.75, 3.05) is 13.7 Å². The number of carbonyl (C=O) groups excluding carboxylic acids is 2. The second kappa shape index (κ2) is 22.1. The van der Waals surface area contributed by atoms with Crippen LogP contribution in [0.4, 0.5) is 4.39 Å². The highest BCUT2D eigenvalue weighted by atomic mass is 35.5. The van der Waals surface area contributed by atoms with Crippen LogP contribution in [0, 0.1) is 11.7 Å². The largest absolute Gasteiger partial charge is 0.496 e. The molecule has 0 bridgehead atoms. The Kier molecular flexibility index (Phi) is 17.4. The first-order valence-electron chi connectivity index (χ1n) is 19.8. The fourth-order valence-electron chi connectivity index (χ4n) is 6.85. The number of hydrogen-bond donors (Lipinski definition) is 1. The fraction of sp³-hybridized carbons (Fsp3) is 0.467. The Morgan fingerprint density at radius 3 is 2.11 bits per heavy atom. The zero-order valence-corrected chi connectivity index (χ0v) is 33.8. The van der Waals surface area contributed by atoms with E-state index in [-0.39, 0.29) is 47.3 Å². The number of esters is 2. The molecule has 0 saturated heterocycles. The maximum absolute atomic E-state index is 14.8. The predicted molar refractivity (Wildman–Crippen MR) is 218 cm³/mol. The topological polar surface area (TPSA) is 121 Å². The summed E-state index contributed by atoms with van der Waals surface area (Å²) in [4.78, 5) is 51.2. The standard InChI is InChI=1S/C45H55ClFNO8/c1-5-6-7-8-9-10-11-12-13-14-15-19-41(49)56-34-22-20-31(21-23-34)24-42(50)55-29-39(30(2)3)48-28-36(45(52)53)44(51)35-26-33(40(54-4)27-38(35)48)25-32-17-16-18-37(46)43(32)47/h16-18,20-23,26-28,30,39H,5-15,19,24-25,29H2,1-4H3,(H,52,53)/t39-/m1/s1. The number of aromatic nitrogens is 1. The number of nitrogens with zero attached hydrogens (tertiary/aromatic N) is 1. The molecule has 302 valence electrons. The van der Waals surface area contributed by atoms with Crippen molar-refractivity contribution in [2.45, 2.75) is 117 Å². The first-order valence-corrected chi connectivity index (χ1v) is 20.2. The molecule has 3 aromatic carbocycles. The van der Waals surface area contributed by atoms with Crippen molar-refractivity contribution >= 4 is 40.4 Å². The maximum atomic E-state index is 14.8. The quantitative estimate of drug-likeness (QED) is 0.0448. The number of fused-ring (bicyclic) bond motifs is 1. The molecule has 0 aliphatic carbocycles. The minimum absolute atomic E-state index is 0.0380. The molecule has 11 heteroatoms. The highest BCUT2D eigenvalue weighted by molar-refractivity contribution is 6.30. The van der Waals surface area contributed by atoms with Gasteiger partial charge in [-0.25, -0.2) is 9.18 Å². The molecule has 0 amide bonds. The van der Waals surface area contributed by atoms with Crippen LogP contribution in [-0.2, 0) is 27.2 Å². The van der Waals surface area contributed by atoms with Crippen LogP contribution in [0.15, 0.2) is 65.6 Å². The zero-order valence-electron chi connectivity index (χ0n) is 33.0. The van der Waals surface area contributed by atoms with E-state index in [0.29, 0.717) is 34.6 Å². The highest BCUT2D eigenvalue weighted by Gasteiger charge is 2.25. The van der Waals surface area contributed by atoms with Crippen molar-refractivity contribution in [3.63, 3.8) is 0 Å². The van der Waals surface area contributed by atoms with Gasteiger partial charge in [0.05, 0.1) is 30.1 Å². The van der Waals surface area contributed by atoms with Crippen molar-refractivity contribution < 1.29 is 38.1 Å². The van der Waals surface area contributed by atoms with E-state index >= 15 is 0 Å². The van der Waals surface area contributed by atoms with Crippen molar-refractivity contribution in [1.29, 1.82) is 0 Å². The molecular weight excluding hydrogens is 737 g/mol. The molecule has 56 heavy (non-hydrogen) atoms. The molecular formula is C45H55ClFNO8. The smallest absolute Gasteiger partial charge is 0.341 e. The number of benzene rings is 3. The Labute approximate surface area is 334 Å². The Morgan fingerprint density at radius 1 is 0.857 bits per heavy atom. The number of unbranched alkanes of at least 4 members (excludes halogenated alkanes) is 10. The van der Waals surface area contributed by atoms with Gasteiger partial charge in [0.2, 0.25) is 5.43 Å². The van der Waals surface area contributed by atoms with Gasteiger partial charge in [-0.2, -0.15) is 0 Å². The summed E-state index contributed by atoms with van der Waals surface area (Å²) in [5.74, 6) is -2.20. The van der Waals surface area contributed by atoms with E-state index < -0.39 is 34.8 Å². The third-order valence-corrected chi connectivity index (χ3v) is 10.4. The van der Waals surface area contributed by atoms with Gasteiger partial charge in [0.15, 0.2) is 0 Å².